The van der Waals surface area contributed by atoms with E-state index in [2.05, 4.69) is 44.2 Å². The summed E-state index contributed by atoms with van der Waals surface area (Å²) in [5.74, 6) is 0. The second-order valence-electron chi connectivity index (χ2n) is 8.17. The van der Waals surface area contributed by atoms with E-state index in [0.29, 0.717) is 11.1 Å². The van der Waals surface area contributed by atoms with Gasteiger partial charge in [-0.3, -0.25) is 9.59 Å². The highest BCUT2D eigenvalue weighted by atomic mass is 16.1. The minimum absolute atomic E-state index is 0.182. The molecule has 0 bridgehead atoms. The summed E-state index contributed by atoms with van der Waals surface area (Å²) in [5, 5.41) is 2.05. The molecule has 0 spiro atoms. The van der Waals surface area contributed by atoms with Crippen LogP contribution in [-0.4, -0.2) is 12.6 Å². The topological polar surface area (TPSA) is 34.1 Å². The molecule has 140 valence electrons. The van der Waals surface area contributed by atoms with Gasteiger partial charge in [-0.15, -0.1) is 0 Å². The zero-order valence-corrected chi connectivity index (χ0v) is 16.4. The van der Waals surface area contributed by atoms with Crippen LogP contribution >= 0.6 is 0 Å². The molecular formula is C27H20O2. The lowest BCUT2D eigenvalue weighted by Crippen LogP contribution is -2.15. The summed E-state index contributed by atoms with van der Waals surface area (Å²) in [6, 6.07) is 24.5. The van der Waals surface area contributed by atoms with Crippen LogP contribution in [0.3, 0.4) is 0 Å². The standard InChI is InChI=1S/C27H20O2/c1-27(2)25-13-17(15-28)7-10-23(25)24-12-8-18(14-26(24)27)21-11-9-19(16-29)20-5-3-4-6-22(20)21/h3-16H,1-2H3. The second-order valence-corrected chi connectivity index (χ2v) is 8.17. The Morgan fingerprint density at radius 2 is 1.31 bits per heavy atom. The van der Waals surface area contributed by atoms with Gasteiger partial charge in [-0.05, 0) is 56.3 Å². The zero-order chi connectivity index (χ0) is 20.2. The SMILES string of the molecule is CC1(C)c2cc(C=O)ccc2-c2ccc(-c3ccc(C=O)c4ccccc34)cc21. The van der Waals surface area contributed by atoms with E-state index in [1.165, 1.54) is 22.3 Å². The first kappa shape index (κ1) is 17.6. The Morgan fingerprint density at radius 1 is 0.655 bits per heavy atom. The third-order valence-corrected chi connectivity index (χ3v) is 6.23. The average molecular weight is 376 g/mol. The van der Waals surface area contributed by atoms with Crippen LogP contribution in [0.4, 0.5) is 0 Å². The lowest BCUT2D eigenvalue weighted by Gasteiger charge is -2.22. The second kappa shape index (κ2) is 6.25. The molecule has 0 unspecified atom stereocenters. The summed E-state index contributed by atoms with van der Waals surface area (Å²) < 4.78 is 0. The molecule has 1 aliphatic carbocycles. The van der Waals surface area contributed by atoms with Crippen molar-refractivity contribution in [2.75, 3.05) is 0 Å². The van der Waals surface area contributed by atoms with Gasteiger partial charge in [-0.1, -0.05) is 74.5 Å². The largest absolute Gasteiger partial charge is 0.298 e. The number of carbonyl (C=O) groups excluding carboxylic acids is 2. The van der Waals surface area contributed by atoms with Crippen molar-refractivity contribution in [2.45, 2.75) is 19.3 Å². The summed E-state index contributed by atoms with van der Waals surface area (Å²) in [7, 11) is 0. The number of hydrogen-bond donors (Lipinski definition) is 0. The molecule has 0 aromatic heterocycles. The molecule has 0 heterocycles. The normalized spacial score (nSPS) is 13.7. The summed E-state index contributed by atoms with van der Waals surface area (Å²) in [6.45, 7) is 4.42. The fourth-order valence-corrected chi connectivity index (χ4v) is 4.67. The molecule has 0 aliphatic heterocycles. The summed E-state index contributed by atoms with van der Waals surface area (Å²) in [5.41, 5.74) is 8.36. The van der Waals surface area contributed by atoms with Crippen molar-refractivity contribution >= 4 is 23.3 Å². The zero-order valence-electron chi connectivity index (χ0n) is 16.4. The predicted octanol–water partition coefficient (Wildman–Crippen LogP) is 6.44. The molecule has 0 saturated carbocycles. The molecule has 0 saturated heterocycles. The number of hydrogen-bond acceptors (Lipinski definition) is 2. The highest BCUT2D eigenvalue weighted by Gasteiger charge is 2.35. The molecular weight excluding hydrogens is 356 g/mol. The number of fused-ring (bicyclic) bond motifs is 4. The van der Waals surface area contributed by atoms with Crippen molar-refractivity contribution in [1.82, 2.24) is 0 Å². The first-order valence-electron chi connectivity index (χ1n) is 9.76. The Kier molecular flexibility index (Phi) is 3.78. The minimum Gasteiger partial charge on any atom is -0.298 e. The Bertz CT molecular complexity index is 1310. The van der Waals surface area contributed by atoms with E-state index >= 15 is 0 Å². The van der Waals surface area contributed by atoms with E-state index in [1.807, 2.05) is 42.5 Å². The van der Waals surface area contributed by atoms with Crippen molar-refractivity contribution < 1.29 is 9.59 Å². The van der Waals surface area contributed by atoms with Gasteiger partial charge in [-0.2, -0.15) is 0 Å². The van der Waals surface area contributed by atoms with Gasteiger partial charge >= 0.3 is 0 Å². The number of benzene rings is 4. The van der Waals surface area contributed by atoms with E-state index in [0.717, 1.165) is 34.5 Å². The maximum atomic E-state index is 11.5. The number of carbonyl (C=O) groups is 2. The lowest BCUT2D eigenvalue weighted by molar-refractivity contribution is 0.111. The van der Waals surface area contributed by atoms with Crippen LogP contribution in [0.25, 0.3) is 33.0 Å². The molecule has 4 aromatic carbocycles. The van der Waals surface area contributed by atoms with E-state index < -0.39 is 0 Å². The van der Waals surface area contributed by atoms with Gasteiger partial charge in [0.05, 0.1) is 0 Å². The summed E-state index contributed by atoms with van der Waals surface area (Å²) >= 11 is 0. The van der Waals surface area contributed by atoms with Crippen LogP contribution in [0.5, 0.6) is 0 Å². The van der Waals surface area contributed by atoms with Crippen LogP contribution < -0.4 is 0 Å². The van der Waals surface area contributed by atoms with Crippen molar-refractivity contribution in [3.63, 3.8) is 0 Å². The smallest absolute Gasteiger partial charge is 0.150 e. The van der Waals surface area contributed by atoms with Crippen LogP contribution in [0.15, 0.2) is 72.8 Å². The van der Waals surface area contributed by atoms with Crippen LogP contribution in [0.2, 0.25) is 0 Å². The molecule has 5 rings (SSSR count). The van der Waals surface area contributed by atoms with Crippen LogP contribution in [-0.2, 0) is 5.41 Å². The van der Waals surface area contributed by atoms with Gasteiger partial charge in [-0.25, -0.2) is 0 Å². The van der Waals surface area contributed by atoms with E-state index in [1.54, 1.807) is 0 Å². The van der Waals surface area contributed by atoms with Crippen LogP contribution in [0, 0.1) is 0 Å². The molecule has 0 radical (unpaired) electrons. The van der Waals surface area contributed by atoms with E-state index in [9.17, 15) is 9.59 Å². The van der Waals surface area contributed by atoms with Gasteiger partial charge < -0.3 is 0 Å². The van der Waals surface area contributed by atoms with Crippen LogP contribution in [0.1, 0.15) is 45.7 Å². The van der Waals surface area contributed by atoms with Crippen molar-refractivity contribution in [1.29, 1.82) is 0 Å². The molecule has 29 heavy (non-hydrogen) atoms. The molecule has 2 nitrogen and oxygen atoms in total. The van der Waals surface area contributed by atoms with Gasteiger partial charge in [0.1, 0.15) is 6.29 Å². The Hall–Kier alpha value is -3.52. The molecule has 1 aliphatic rings. The molecule has 0 atom stereocenters. The maximum Gasteiger partial charge on any atom is 0.150 e. The highest BCUT2D eigenvalue weighted by molar-refractivity contribution is 6.05. The first-order valence-corrected chi connectivity index (χ1v) is 9.76. The predicted molar refractivity (Wildman–Crippen MR) is 118 cm³/mol. The highest BCUT2D eigenvalue weighted by Crippen LogP contribution is 2.50. The third kappa shape index (κ3) is 2.49. The Labute approximate surface area is 169 Å². The monoisotopic (exact) mass is 376 g/mol. The molecule has 4 aromatic rings. The van der Waals surface area contributed by atoms with E-state index in [-0.39, 0.29) is 5.41 Å². The molecule has 0 N–H and O–H groups in total. The van der Waals surface area contributed by atoms with Gasteiger partial charge in [0.2, 0.25) is 0 Å². The fraction of sp³-hybridized carbons (Fsp3) is 0.111. The average Bonchev–Trinajstić information content (AvgIpc) is 2.99. The third-order valence-electron chi connectivity index (χ3n) is 6.23. The first-order chi connectivity index (χ1) is 14.0. The van der Waals surface area contributed by atoms with Crippen molar-refractivity contribution in [3.05, 3.63) is 95.1 Å². The quantitative estimate of drug-likeness (QED) is 0.386. The van der Waals surface area contributed by atoms with Crippen molar-refractivity contribution in [3.8, 4) is 22.3 Å². The summed E-state index contributed by atoms with van der Waals surface area (Å²) in [4.78, 5) is 22.7. The van der Waals surface area contributed by atoms with Gasteiger partial charge in [0.25, 0.3) is 0 Å². The maximum absolute atomic E-state index is 11.5. The Balaban J connectivity index is 1.73. The van der Waals surface area contributed by atoms with Gasteiger partial charge in [0.15, 0.2) is 6.29 Å². The molecule has 0 amide bonds. The van der Waals surface area contributed by atoms with Gasteiger partial charge in [0, 0.05) is 16.5 Å². The molecule has 2 heteroatoms. The lowest BCUT2D eigenvalue weighted by atomic mass is 9.81. The molecule has 0 fully saturated rings. The van der Waals surface area contributed by atoms with Crippen molar-refractivity contribution in [2.24, 2.45) is 0 Å². The number of rotatable bonds is 3. The Morgan fingerprint density at radius 3 is 2.03 bits per heavy atom. The fourth-order valence-electron chi connectivity index (χ4n) is 4.67. The van der Waals surface area contributed by atoms with E-state index in [4.69, 9.17) is 0 Å². The number of aldehydes is 2. The minimum atomic E-state index is -0.182. The summed E-state index contributed by atoms with van der Waals surface area (Å²) in [6.07, 6.45) is 1.82.